The van der Waals surface area contributed by atoms with Gasteiger partial charge in [0.1, 0.15) is 5.82 Å². The Morgan fingerprint density at radius 3 is 2.21 bits per heavy atom. The average Bonchev–Trinajstić information content (AvgIpc) is 2.47. The average molecular weight is 350 g/mol. The van der Waals surface area contributed by atoms with E-state index in [-0.39, 0.29) is 10.7 Å². The molecule has 2 aromatic rings. The fourth-order valence-corrected chi connectivity index (χ4v) is 3.97. The number of benzene rings is 2. The number of nitrogens with one attached hydrogen (secondary N) is 2. The summed E-state index contributed by atoms with van der Waals surface area (Å²) in [5.41, 5.74) is 1.08. The van der Waals surface area contributed by atoms with Crippen LogP contribution in [0.1, 0.15) is 31.9 Å². The minimum Gasteiger partial charge on any atom is -0.309 e. The maximum Gasteiger partial charge on any atom is 0.241 e. The van der Waals surface area contributed by atoms with Crippen molar-refractivity contribution in [2.24, 2.45) is 0 Å². The van der Waals surface area contributed by atoms with Crippen LogP contribution >= 0.6 is 0 Å². The second-order valence-electron chi connectivity index (χ2n) is 6.69. The molecule has 4 nitrogen and oxygen atoms in total. The van der Waals surface area contributed by atoms with Gasteiger partial charge in [-0.3, -0.25) is 0 Å². The van der Waals surface area contributed by atoms with Crippen LogP contribution in [0.4, 0.5) is 4.39 Å². The van der Waals surface area contributed by atoms with Gasteiger partial charge in [-0.05, 0) is 50.1 Å². The molecular formula is C18H23FN2O2S. The number of sulfonamides is 1. The first-order valence-electron chi connectivity index (χ1n) is 7.74. The first-order chi connectivity index (χ1) is 11.2. The highest BCUT2D eigenvalue weighted by molar-refractivity contribution is 7.89. The van der Waals surface area contributed by atoms with Crippen molar-refractivity contribution in [3.8, 4) is 0 Å². The van der Waals surface area contributed by atoms with Crippen molar-refractivity contribution < 1.29 is 12.8 Å². The van der Waals surface area contributed by atoms with E-state index in [2.05, 4.69) is 10.0 Å². The third-order valence-corrected chi connectivity index (χ3v) is 5.12. The summed E-state index contributed by atoms with van der Waals surface area (Å²) >= 11 is 0. The molecule has 0 fully saturated rings. The van der Waals surface area contributed by atoms with Gasteiger partial charge in [-0.2, -0.15) is 0 Å². The highest BCUT2D eigenvalue weighted by Crippen LogP contribution is 2.18. The molecule has 0 spiro atoms. The van der Waals surface area contributed by atoms with Gasteiger partial charge in [-0.25, -0.2) is 17.5 Å². The van der Waals surface area contributed by atoms with Crippen molar-refractivity contribution in [1.29, 1.82) is 0 Å². The van der Waals surface area contributed by atoms with Gasteiger partial charge in [-0.1, -0.05) is 30.3 Å². The standard InChI is InChI=1S/C18H23FN2O2S/c1-18(2,3)21-24(22,23)17-7-5-4-6-15(17)13-20-12-14-8-10-16(19)11-9-14/h4-11,20-21H,12-13H2,1-3H3. The zero-order chi connectivity index (χ0) is 17.8. The predicted octanol–water partition coefficient (Wildman–Crippen LogP) is 3.19. The molecule has 0 aliphatic carbocycles. The molecule has 2 rings (SSSR count). The van der Waals surface area contributed by atoms with Gasteiger partial charge in [0.05, 0.1) is 4.90 Å². The predicted molar refractivity (Wildman–Crippen MR) is 93.5 cm³/mol. The molecule has 0 bridgehead atoms. The van der Waals surface area contributed by atoms with E-state index in [1.54, 1.807) is 51.1 Å². The molecule has 0 unspecified atom stereocenters. The lowest BCUT2D eigenvalue weighted by Crippen LogP contribution is -2.40. The van der Waals surface area contributed by atoms with Crippen molar-refractivity contribution >= 4 is 10.0 Å². The minimum absolute atomic E-state index is 0.270. The summed E-state index contributed by atoms with van der Waals surface area (Å²) in [7, 11) is -3.59. The molecule has 0 heterocycles. The Labute approximate surface area is 143 Å². The summed E-state index contributed by atoms with van der Waals surface area (Å²) in [5.74, 6) is -0.275. The molecule has 2 aromatic carbocycles. The van der Waals surface area contributed by atoms with Crippen molar-refractivity contribution in [3.63, 3.8) is 0 Å². The normalized spacial score (nSPS) is 12.3. The Kier molecular flexibility index (Phi) is 5.74. The first-order valence-corrected chi connectivity index (χ1v) is 9.23. The number of halogens is 1. The maximum absolute atomic E-state index is 12.9. The van der Waals surface area contributed by atoms with E-state index in [0.717, 1.165) is 5.56 Å². The molecule has 0 amide bonds. The van der Waals surface area contributed by atoms with Gasteiger partial charge >= 0.3 is 0 Å². The second kappa shape index (κ2) is 7.42. The molecule has 0 aliphatic rings. The minimum atomic E-state index is -3.59. The van der Waals surface area contributed by atoms with E-state index in [1.165, 1.54) is 12.1 Å². The highest BCUT2D eigenvalue weighted by Gasteiger charge is 2.23. The van der Waals surface area contributed by atoms with Crippen LogP contribution in [0.5, 0.6) is 0 Å². The van der Waals surface area contributed by atoms with Crippen LogP contribution < -0.4 is 10.0 Å². The Hall–Kier alpha value is -1.76. The van der Waals surface area contributed by atoms with Crippen molar-refractivity contribution in [2.45, 2.75) is 44.3 Å². The molecular weight excluding hydrogens is 327 g/mol. The quantitative estimate of drug-likeness (QED) is 0.841. The van der Waals surface area contributed by atoms with Crippen molar-refractivity contribution in [2.75, 3.05) is 0 Å². The summed E-state index contributed by atoms with van der Waals surface area (Å²) in [5, 5.41) is 3.20. The Bertz CT molecular complexity index is 781. The lowest BCUT2D eigenvalue weighted by molar-refractivity contribution is 0.490. The Morgan fingerprint density at radius 1 is 0.958 bits per heavy atom. The number of hydrogen-bond acceptors (Lipinski definition) is 3. The van der Waals surface area contributed by atoms with Crippen LogP contribution in [0.3, 0.4) is 0 Å². The van der Waals surface area contributed by atoms with Crippen LogP contribution in [0.2, 0.25) is 0 Å². The largest absolute Gasteiger partial charge is 0.309 e. The monoisotopic (exact) mass is 350 g/mol. The van der Waals surface area contributed by atoms with Gasteiger partial charge in [-0.15, -0.1) is 0 Å². The highest BCUT2D eigenvalue weighted by atomic mass is 32.2. The zero-order valence-corrected chi connectivity index (χ0v) is 15.0. The molecule has 130 valence electrons. The van der Waals surface area contributed by atoms with E-state index in [4.69, 9.17) is 0 Å². The number of hydrogen-bond donors (Lipinski definition) is 2. The fourth-order valence-electron chi connectivity index (χ4n) is 2.31. The molecule has 2 N–H and O–H groups in total. The van der Waals surface area contributed by atoms with E-state index in [9.17, 15) is 12.8 Å². The smallest absolute Gasteiger partial charge is 0.241 e. The molecule has 0 saturated heterocycles. The molecule has 6 heteroatoms. The fraction of sp³-hybridized carbons (Fsp3) is 0.333. The van der Waals surface area contributed by atoms with Gasteiger partial charge in [0.15, 0.2) is 0 Å². The summed E-state index contributed by atoms with van der Waals surface area (Å²) in [6, 6.07) is 13.1. The zero-order valence-electron chi connectivity index (χ0n) is 14.1. The van der Waals surface area contributed by atoms with E-state index in [1.807, 2.05) is 6.07 Å². The van der Waals surface area contributed by atoms with E-state index < -0.39 is 15.6 Å². The lowest BCUT2D eigenvalue weighted by atomic mass is 10.1. The molecule has 0 saturated carbocycles. The lowest BCUT2D eigenvalue weighted by Gasteiger charge is -2.21. The summed E-state index contributed by atoms with van der Waals surface area (Å²) in [6.45, 7) is 6.35. The van der Waals surface area contributed by atoms with Crippen LogP contribution in [0, 0.1) is 5.82 Å². The van der Waals surface area contributed by atoms with E-state index >= 15 is 0 Å². The van der Waals surface area contributed by atoms with Crippen LogP contribution in [0.15, 0.2) is 53.4 Å². The second-order valence-corrected chi connectivity index (χ2v) is 8.34. The summed E-state index contributed by atoms with van der Waals surface area (Å²) in [6.07, 6.45) is 0. The molecule has 0 radical (unpaired) electrons. The summed E-state index contributed by atoms with van der Waals surface area (Å²) in [4.78, 5) is 0.270. The van der Waals surface area contributed by atoms with Gasteiger partial charge in [0.2, 0.25) is 10.0 Å². The summed E-state index contributed by atoms with van der Waals surface area (Å²) < 4.78 is 40.7. The maximum atomic E-state index is 12.9. The topological polar surface area (TPSA) is 58.2 Å². The Morgan fingerprint density at radius 2 is 1.58 bits per heavy atom. The molecule has 0 atom stereocenters. The van der Waals surface area contributed by atoms with E-state index in [0.29, 0.717) is 18.7 Å². The third-order valence-electron chi connectivity index (χ3n) is 3.26. The number of rotatable bonds is 6. The first kappa shape index (κ1) is 18.6. The van der Waals surface area contributed by atoms with Gasteiger partial charge < -0.3 is 5.32 Å². The van der Waals surface area contributed by atoms with Crippen LogP contribution in [0.25, 0.3) is 0 Å². The Balaban J connectivity index is 2.10. The molecule has 0 aromatic heterocycles. The van der Waals surface area contributed by atoms with Gasteiger partial charge in [0.25, 0.3) is 0 Å². The van der Waals surface area contributed by atoms with Crippen LogP contribution in [-0.4, -0.2) is 14.0 Å². The van der Waals surface area contributed by atoms with Crippen molar-refractivity contribution in [3.05, 3.63) is 65.5 Å². The SMILES string of the molecule is CC(C)(C)NS(=O)(=O)c1ccccc1CNCc1ccc(F)cc1. The van der Waals surface area contributed by atoms with Gasteiger partial charge in [0, 0.05) is 18.6 Å². The molecule has 0 aliphatic heterocycles. The molecule has 24 heavy (non-hydrogen) atoms. The van der Waals surface area contributed by atoms with Crippen LogP contribution in [-0.2, 0) is 23.1 Å². The third kappa shape index (κ3) is 5.40. The van der Waals surface area contributed by atoms with Crippen molar-refractivity contribution in [1.82, 2.24) is 10.0 Å².